The summed E-state index contributed by atoms with van der Waals surface area (Å²) in [7, 11) is 0. The number of likely N-dealkylation sites (tertiary alicyclic amines) is 1. The monoisotopic (exact) mass is 452 g/mol. The molecule has 1 amide bonds. The van der Waals surface area contributed by atoms with Gasteiger partial charge in [0.25, 0.3) is 5.56 Å². The molecule has 31 heavy (non-hydrogen) atoms. The van der Waals surface area contributed by atoms with Gasteiger partial charge in [0.15, 0.2) is 0 Å². The quantitative estimate of drug-likeness (QED) is 0.458. The molecule has 6 nitrogen and oxygen atoms in total. The summed E-state index contributed by atoms with van der Waals surface area (Å²) in [6, 6.07) is 8.24. The topological polar surface area (TPSA) is 68.1 Å². The number of carbonyl (C=O) groups is 1. The van der Waals surface area contributed by atoms with Crippen LogP contribution in [-0.2, 0) is 11.3 Å². The Kier molecular flexibility index (Phi) is 5.35. The number of hydrogen-bond donors (Lipinski definition) is 0. The van der Waals surface area contributed by atoms with E-state index in [1.165, 1.54) is 9.71 Å². The van der Waals surface area contributed by atoms with Crippen molar-refractivity contribution in [2.45, 2.75) is 45.6 Å². The molecular formula is C23H24N4O2S2. The van der Waals surface area contributed by atoms with Crippen LogP contribution in [0.25, 0.3) is 20.4 Å². The summed E-state index contributed by atoms with van der Waals surface area (Å²) in [5, 5.41) is 1.87. The van der Waals surface area contributed by atoms with Gasteiger partial charge < -0.3 is 4.90 Å². The number of fused-ring (bicyclic) bond motifs is 2. The minimum atomic E-state index is -0.0470. The first kappa shape index (κ1) is 20.3. The highest BCUT2D eigenvalue weighted by atomic mass is 32.1. The highest BCUT2D eigenvalue weighted by Gasteiger charge is 2.26. The predicted molar refractivity (Wildman–Crippen MR) is 126 cm³/mol. The van der Waals surface area contributed by atoms with Gasteiger partial charge in [0.05, 0.1) is 26.9 Å². The highest BCUT2D eigenvalue weighted by Crippen LogP contribution is 2.34. The first-order valence-corrected chi connectivity index (χ1v) is 12.2. The van der Waals surface area contributed by atoms with Crippen molar-refractivity contribution < 1.29 is 4.79 Å². The van der Waals surface area contributed by atoms with Gasteiger partial charge in [-0.2, -0.15) is 0 Å². The van der Waals surface area contributed by atoms with Crippen LogP contribution < -0.4 is 5.56 Å². The molecule has 0 spiro atoms. The van der Waals surface area contributed by atoms with Crippen molar-refractivity contribution in [3.05, 3.63) is 56.4 Å². The van der Waals surface area contributed by atoms with E-state index in [0.29, 0.717) is 24.3 Å². The van der Waals surface area contributed by atoms with E-state index in [0.717, 1.165) is 46.7 Å². The van der Waals surface area contributed by atoms with Gasteiger partial charge in [0.2, 0.25) is 5.91 Å². The average Bonchev–Trinajstić information content (AvgIpc) is 3.34. The maximum absolute atomic E-state index is 12.8. The van der Waals surface area contributed by atoms with Crippen LogP contribution >= 0.6 is 22.7 Å². The summed E-state index contributed by atoms with van der Waals surface area (Å²) >= 11 is 3.31. The van der Waals surface area contributed by atoms with Crippen molar-refractivity contribution in [1.82, 2.24) is 19.4 Å². The van der Waals surface area contributed by atoms with Gasteiger partial charge in [-0.25, -0.2) is 9.97 Å². The zero-order valence-corrected chi connectivity index (χ0v) is 19.3. The lowest BCUT2D eigenvalue weighted by Gasteiger charge is -2.31. The lowest BCUT2D eigenvalue weighted by molar-refractivity contribution is -0.132. The first-order valence-electron chi connectivity index (χ1n) is 10.6. The van der Waals surface area contributed by atoms with Crippen molar-refractivity contribution in [1.29, 1.82) is 0 Å². The maximum atomic E-state index is 12.8. The molecule has 1 aromatic carbocycles. The molecule has 1 saturated heterocycles. The molecule has 1 aliphatic heterocycles. The first-order chi connectivity index (χ1) is 15.0. The number of benzene rings is 1. The average molecular weight is 453 g/mol. The van der Waals surface area contributed by atoms with Gasteiger partial charge in [-0.05, 0) is 44.4 Å². The molecule has 1 aliphatic rings. The Morgan fingerprint density at radius 1 is 1.16 bits per heavy atom. The molecule has 0 unspecified atom stereocenters. The minimum Gasteiger partial charge on any atom is -0.343 e. The summed E-state index contributed by atoms with van der Waals surface area (Å²) < 4.78 is 2.80. The van der Waals surface area contributed by atoms with Gasteiger partial charge in [-0.15, -0.1) is 22.7 Å². The van der Waals surface area contributed by atoms with Crippen LogP contribution in [-0.4, -0.2) is 38.4 Å². The van der Waals surface area contributed by atoms with E-state index in [-0.39, 0.29) is 11.5 Å². The Morgan fingerprint density at radius 2 is 1.94 bits per heavy atom. The molecule has 3 aromatic heterocycles. The Balaban J connectivity index is 1.21. The number of aryl methyl sites for hydroxylation is 3. The van der Waals surface area contributed by atoms with Gasteiger partial charge in [-0.1, -0.05) is 12.1 Å². The number of thiazole rings is 1. The molecule has 0 radical (unpaired) electrons. The lowest BCUT2D eigenvalue weighted by atomic mass is 9.97. The molecule has 4 heterocycles. The number of piperidine rings is 1. The number of thiophene rings is 1. The Bertz CT molecular complexity index is 1300. The Labute approximate surface area is 188 Å². The molecule has 8 heteroatoms. The van der Waals surface area contributed by atoms with Crippen LogP contribution in [0.2, 0.25) is 0 Å². The fraction of sp³-hybridized carbons (Fsp3) is 0.391. The zero-order valence-electron chi connectivity index (χ0n) is 17.6. The van der Waals surface area contributed by atoms with Gasteiger partial charge in [0.1, 0.15) is 4.83 Å². The van der Waals surface area contributed by atoms with Crippen molar-refractivity contribution in [2.75, 3.05) is 13.1 Å². The zero-order chi connectivity index (χ0) is 21.5. The second-order valence-electron chi connectivity index (χ2n) is 8.13. The van der Waals surface area contributed by atoms with Crippen LogP contribution in [0.1, 0.15) is 40.6 Å². The van der Waals surface area contributed by atoms with E-state index >= 15 is 0 Å². The van der Waals surface area contributed by atoms with Crippen LogP contribution in [0.5, 0.6) is 0 Å². The van der Waals surface area contributed by atoms with Gasteiger partial charge in [-0.3, -0.25) is 14.2 Å². The van der Waals surface area contributed by atoms with Crippen LogP contribution in [0, 0.1) is 13.8 Å². The molecule has 1 fully saturated rings. The maximum Gasteiger partial charge on any atom is 0.262 e. The predicted octanol–water partition coefficient (Wildman–Crippen LogP) is 4.48. The van der Waals surface area contributed by atoms with Crippen LogP contribution in [0.15, 0.2) is 35.4 Å². The molecule has 0 N–H and O–H groups in total. The fourth-order valence-electron chi connectivity index (χ4n) is 4.24. The SMILES string of the molecule is Cc1sc2ncn(CCC(=O)N3CCC(c4nc5ccccc5s4)CC3)c(=O)c2c1C. The number of amides is 1. The number of carbonyl (C=O) groups excluding carboxylic acids is 1. The van der Waals surface area contributed by atoms with E-state index < -0.39 is 0 Å². The summed E-state index contributed by atoms with van der Waals surface area (Å²) in [4.78, 5) is 38.7. The molecule has 0 bridgehead atoms. The van der Waals surface area contributed by atoms with Crippen LogP contribution in [0.4, 0.5) is 0 Å². The summed E-state index contributed by atoms with van der Waals surface area (Å²) in [5.41, 5.74) is 2.01. The number of rotatable bonds is 4. The van der Waals surface area contributed by atoms with E-state index in [1.807, 2.05) is 30.9 Å². The van der Waals surface area contributed by atoms with Crippen molar-refractivity contribution in [3.8, 4) is 0 Å². The van der Waals surface area contributed by atoms with E-state index in [1.54, 1.807) is 33.6 Å². The molecule has 0 atom stereocenters. The smallest absolute Gasteiger partial charge is 0.262 e. The van der Waals surface area contributed by atoms with Crippen LogP contribution in [0.3, 0.4) is 0 Å². The Morgan fingerprint density at radius 3 is 2.71 bits per heavy atom. The van der Waals surface area contributed by atoms with Gasteiger partial charge in [0, 0.05) is 36.9 Å². The third kappa shape index (κ3) is 3.78. The van der Waals surface area contributed by atoms with Crippen molar-refractivity contribution >= 4 is 49.0 Å². The standard InChI is InChI=1S/C23H24N4O2S2/c1-14-15(2)30-22-20(14)23(29)27(13-24-22)12-9-19(28)26-10-7-16(8-11-26)21-25-17-5-3-4-6-18(17)31-21/h3-6,13,16H,7-12H2,1-2H3. The summed E-state index contributed by atoms with van der Waals surface area (Å²) in [5.74, 6) is 0.522. The summed E-state index contributed by atoms with van der Waals surface area (Å²) in [6.07, 6.45) is 3.77. The Hall–Kier alpha value is -2.58. The normalized spacial score (nSPS) is 15.2. The highest BCUT2D eigenvalue weighted by molar-refractivity contribution is 7.19. The molecule has 0 aliphatic carbocycles. The largest absolute Gasteiger partial charge is 0.343 e. The molecule has 4 aromatic rings. The summed E-state index contributed by atoms with van der Waals surface area (Å²) in [6.45, 7) is 5.82. The minimum absolute atomic E-state index is 0.0470. The molecular weight excluding hydrogens is 428 g/mol. The van der Waals surface area contributed by atoms with E-state index in [9.17, 15) is 9.59 Å². The van der Waals surface area contributed by atoms with E-state index in [2.05, 4.69) is 17.1 Å². The number of hydrogen-bond acceptors (Lipinski definition) is 6. The molecule has 160 valence electrons. The second kappa shape index (κ2) is 8.16. The third-order valence-electron chi connectivity index (χ3n) is 6.23. The second-order valence-corrected chi connectivity index (χ2v) is 10.4. The number of aromatic nitrogens is 3. The van der Waals surface area contributed by atoms with E-state index in [4.69, 9.17) is 4.98 Å². The fourth-order valence-corrected chi connectivity index (χ4v) is 6.37. The lowest BCUT2D eigenvalue weighted by Crippen LogP contribution is -2.38. The number of para-hydroxylation sites is 1. The molecule has 5 rings (SSSR count). The molecule has 0 saturated carbocycles. The van der Waals surface area contributed by atoms with Gasteiger partial charge >= 0.3 is 0 Å². The number of nitrogens with zero attached hydrogens (tertiary/aromatic N) is 4. The van der Waals surface area contributed by atoms with Crippen molar-refractivity contribution in [2.24, 2.45) is 0 Å². The third-order valence-corrected chi connectivity index (χ3v) is 8.54. The van der Waals surface area contributed by atoms with Crippen molar-refractivity contribution in [3.63, 3.8) is 0 Å².